The fourth-order valence-electron chi connectivity index (χ4n) is 1.19. The van der Waals surface area contributed by atoms with Crippen molar-refractivity contribution in [3.05, 3.63) is 0 Å². The lowest BCUT2D eigenvalue weighted by atomic mass is 10.4. The van der Waals surface area contributed by atoms with Crippen molar-refractivity contribution in [2.75, 3.05) is 60.9 Å². The first kappa shape index (κ1) is 15.3. The molecule has 0 saturated heterocycles. The van der Waals surface area contributed by atoms with Gasteiger partial charge in [-0.25, -0.2) is 0 Å². The molecule has 0 saturated carbocycles. The van der Waals surface area contributed by atoms with Gasteiger partial charge in [0.2, 0.25) is 5.91 Å². The fourth-order valence-corrected chi connectivity index (χ4v) is 1.19. The van der Waals surface area contributed by atoms with Crippen molar-refractivity contribution in [1.29, 1.82) is 0 Å². The number of nitrogens with one attached hydrogen (secondary N) is 2. The minimum Gasteiger partial charge on any atom is -0.355 e. The predicted molar refractivity (Wildman–Crippen MR) is 67.6 cm³/mol. The molecule has 0 atom stereocenters. The monoisotopic (exact) mass is 230 g/mol. The Morgan fingerprint density at radius 3 is 2.19 bits per heavy atom. The SMILES string of the molecule is CN(C)CCCNC(=O)CNCCN(C)C. The molecule has 1 amide bonds. The first-order valence-corrected chi connectivity index (χ1v) is 5.79. The first-order chi connectivity index (χ1) is 7.52. The Hall–Kier alpha value is -0.650. The second-order valence-electron chi connectivity index (χ2n) is 4.49. The van der Waals surface area contributed by atoms with Crippen LogP contribution in [-0.4, -0.2) is 76.6 Å². The molecule has 0 aromatic rings. The summed E-state index contributed by atoms with van der Waals surface area (Å²) in [7, 11) is 8.10. The number of likely N-dealkylation sites (N-methyl/N-ethyl adjacent to an activating group) is 1. The van der Waals surface area contributed by atoms with Crippen LogP contribution in [0.1, 0.15) is 6.42 Å². The molecule has 0 fully saturated rings. The molecule has 0 aliphatic carbocycles. The standard InChI is InChI=1S/C11H26N4O/c1-14(2)8-5-6-13-11(16)10-12-7-9-15(3)4/h12H,5-10H2,1-4H3,(H,13,16). The topological polar surface area (TPSA) is 47.6 Å². The average molecular weight is 230 g/mol. The predicted octanol–water partition coefficient (Wildman–Crippen LogP) is -0.794. The highest BCUT2D eigenvalue weighted by Crippen LogP contribution is 1.80. The van der Waals surface area contributed by atoms with Gasteiger partial charge in [-0.05, 0) is 41.2 Å². The summed E-state index contributed by atoms with van der Waals surface area (Å²) in [5, 5.41) is 5.99. The minimum absolute atomic E-state index is 0.0810. The first-order valence-electron chi connectivity index (χ1n) is 5.79. The molecule has 0 radical (unpaired) electrons. The Labute approximate surface area is 99.2 Å². The highest BCUT2D eigenvalue weighted by atomic mass is 16.1. The minimum atomic E-state index is 0.0810. The largest absolute Gasteiger partial charge is 0.355 e. The molecule has 0 aromatic heterocycles. The Morgan fingerprint density at radius 1 is 1.00 bits per heavy atom. The maximum absolute atomic E-state index is 11.3. The molecular weight excluding hydrogens is 204 g/mol. The molecule has 0 aliphatic rings. The second-order valence-corrected chi connectivity index (χ2v) is 4.49. The molecule has 0 rings (SSSR count). The summed E-state index contributed by atoms with van der Waals surface area (Å²) in [5.41, 5.74) is 0. The zero-order valence-corrected chi connectivity index (χ0v) is 11.0. The second kappa shape index (κ2) is 9.57. The van der Waals surface area contributed by atoms with Gasteiger partial charge >= 0.3 is 0 Å². The molecule has 0 bridgehead atoms. The van der Waals surface area contributed by atoms with E-state index in [4.69, 9.17) is 0 Å². The van der Waals surface area contributed by atoms with E-state index >= 15 is 0 Å². The number of rotatable bonds is 9. The van der Waals surface area contributed by atoms with Gasteiger partial charge < -0.3 is 20.4 Å². The van der Waals surface area contributed by atoms with Crippen molar-refractivity contribution in [2.24, 2.45) is 0 Å². The van der Waals surface area contributed by atoms with Crippen molar-refractivity contribution >= 4 is 5.91 Å². The molecule has 5 heteroatoms. The molecule has 16 heavy (non-hydrogen) atoms. The molecule has 0 aromatic carbocycles. The van der Waals surface area contributed by atoms with Crippen LogP contribution in [-0.2, 0) is 4.79 Å². The molecule has 96 valence electrons. The Bertz CT molecular complexity index is 165. The maximum Gasteiger partial charge on any atom is 0.233 e. The van der Waals surface area contributed by atoms with Crippen LogP contribution in [0.3, 0.4) is 0 Å². The number of hydrogen-bond acceptors (Lipinski definition) is 4. The number of nitrogens with zero attached hydrogens (tertiary/aromatic N) is 2. The van der Waals surface area contributed by atoms with Gasteiger partial charge in [0.15, 0.2) is 0 Å². The molecule has 0 heterocycles. The van der Waals surface area contributed by atoms with E-state index in [1.165, 1.54) is 0 Å². The zero-order valence-electron chi connectivity index (χ0n) is 11.0. The van der Waals surface area contributed by atoms with Crippen LogP contribution in [0.2, 0.25) is 0 Å². The molecule has 5 nitrogen and oxygen atoms in total. The fraction of sp³-hybridized carbons (Fsp3) is 0.909. The lowest BCUT2D eigenvalue weighted by Crippen LogP contribution is -2.37. The van der Waals surface area contributed by atoms with E-state index in [0.717, 1.165) is 32.6 Å². The molecule has 0 spiro atoms. The average Bonchev–Trinajstić information content (AvgIpc) is 2.19. The van der Waals surface area contributed by atoms with E-state index in [-0.39, 0.29) is 5.91 Å². The van der Waals surface area contributed by atoms with Gasteiger partial charge in [-0.15, -0.1) is 0 Å². The Balaban J connectivity index is 3.25. The highest BCUT2D eigenvalue weighted by Gasteiger charge is 1.99. The van der Waals surface area contributed by atoms with Crippen molar-refractivity contribution in [2.45, 2.75) is 6.42 Å². The summed E-state index contributed by atoms with van der Waals surface area (Å²) in [5.74, 6) is 0.0810. The summed E-state index contributed by atoms with van der Waals surface area (Å²) in [4.78, 5) is 15.5. The summed E-state index contributed by atoms with van der Waals surface area (Å²) >= 11 is 0. The maximum atomic E-state index is 11.3. The van der Waals surface area contributed by atoms with Gasteiger partial charge in [0.1, 0.15) is 0 Å². The summed E-state index contributed by atoms with van der Waals surface area (Å²) in [6, 6.07) is 0. The third-order valence-corrected chi connectivity index (χ3v) is 2.13. The Kier molecular flexibility index (Phi) is 9.18. The number of amides is 1. The van der Waals surface area contributed by atoms with Crippen molar-refractivity contribution < 1.29 is 4.79 Å². The van der Waals surface area contributed by atoms with Crippen LogP contribution in [0.25, 0.3) is 0 Å². The number of carbonyl (C=O) groups excluding carboxylic acids is 1. The zero-order chi connectivity index (χ0) is 12.4. The van der Waals surface area contributed by atoms with Crippen molar-refractivity contribution in [1.82, 2.24) is 20.4 Å². The smallest absolute Gasteiger partial charge is 0.233 e. The molecule has 0 aliphatic heterocycles. The van der Waals surface area contributed by atoms with Crippen molar-refractivity contribution in [3.8, 4) is 0 Å². The van der Waals surface area contributed by atoms with Crippen molar-refractivity contribution in [3.63, 3.8) is 0 Å². The van der Waals surface area contributed by atoms with Crippen LogP contribution in [0, 0.1) is 0 Å². The lowest BCUT2D eigenvalue weighted by molar-refractivity contribution is -0.120. The van der Waals surface area contributed by atoms with Gasteiger partial charge in [-0.2, -0.15) is 0 Å². The molecular formula is C11H26N4O. The normalized spacial score (nSPS) is 11.1. The third-order valence-electron chi connectivity index (χ3n) is 2.13. The van der Waals surface area contributed by atoms with Crippen LogP contribution in [0.15, 0.2) is 0 Å². The van der Waals surface area contributed by atoms with Gasteiger partial charge in [0, 0.05) is 19.6 Å². The summed E-state index contributed by atoms with van der Waals surface area (Å²) < 4.78 is 0. The van der Waals surface area contributed by atoms with Gasteiger partial charge in [-0.1, -0.05) is 0 Å². The summed E-state index contributed by atoms with van der Waals surface area (Å²) in [6.07, 6.45) is 0.996. The van der Waals surface area contributed by atoms with E-state index < -0.39 is 0 Å². The van der Waals surface area contributed by atoms with E-state index in [1.807, 2.05) is 28.2 Å². The van der Waals surface area contributed by atoms with Gasteiger partial charge in [0.25, 0.3) is 0 Å². The van der Waals surface area contributed by atoms with Crippen LogP contribution in [0.4, 0.5) is 0 Å². The van der Waals surface area contributed by atoms with E-state index in [1.54, 1.807) is 0 Å². The van der Waals surface area contributed by atoms with E-state index in [2.05, 4.69) is 20.4 Å². The van der Waals surface area contributed by atoms with Gasteiger partial charge in [0.05, 0.1) is 6.54 Å². The highest BCUT2D eigenvalue weighted by molar-refractivity contribution is 5.77. The quantitative estimate of drug-likeness (QED) is 0.510. The third kappa shape index (κ3) is 11.4. The van der Waals surface area contributed by atoms with E-state index in [0.29, 0.717) is 6.54 Å². The summed E-state index contributed by atoms with van der Waals surface area (Å²) in [6.45, 7) is 3.97. The van der Waals surface area contributed by atoms with Gasteiger partial charge in [-0.3, -0.25) is 4.79 Å². The molecule has 2 N–H and O–H groups in total. The van der Waals surface area contributed by atoms with Crippen LogP contribution < -0.4 is 10.6 Å². The van der Waals surface area contributed by atoms with Crippen LogP contribution >= 0.6 is 0 Å². The number of carbonyl (C=O) groups is 1. The number of hydrogen-bond donors (Lipinski definition) is 2. The lowest BCUT2D eigenvalue weighted by Gasteiger charge is -2.11. The molecule has 0 unspecified atom stereocenters. The van der Waals surface area contributed by atoms with E-state index in [9.17, 15) is 4.79 Å². The Morgan fingerprint density at radius 2 is 1.62 bits per heavy atom. The van der Waals surface area contributed by atoms with Crippen LogP contribution in [0.5, 0.6) is 0 Å².